The molecule has 1 heterocycles. The summed E-state index contributed by atoms with van der Waals surface area (Å²) in [5, 5.41) is 31.7. The van der Waals surface area contributed by atoms with Crippen molar-refractivity contribution in [1.82, 2.24) is 5.32 Å². The van der Waals surface area contributed by atoms with Crippen LogP contribution in [0.4, 0.5) is 0 Å². The van der Waals surface area contributed by atoms with Crippen LogP contribution in [0, 0.1) is 0 Å². The van der Waals surface area contributed by atoms with Crippen molar-refractivity contribution in [1.29, 1.82) is 0 Å². The first-order valence-electron chi connectivity index (χ1n) is 6.53. The Balaban J connectivity index is 1.92. The standard InChI is InChI=1S/C14H19NO5/c1-8-11(16)13(18)12(17)10(20-8)7-15-14(19)9-5-3-2-4-6-9/h2-6,8,10-13,16-18H,7H2,1H3,(H,15,19)/t8-,10+,11+,12+,13+/m0/s1. The molecule has 0 saturated carbocycles. The molecule has 1 fully saturated rings. The van der Waals surface area contributed by atoms with Crippen molar-refractivity contribution < 1.29 is 24.9 Å². The number of ether oxygens (including phenoxy) is 1. The van der Waals surface area contributed by atoms with Crippen LogP contribution in [0.5, 0.6) is 0 Å². The number of hydrogen-bond donors (Lipinski definition) is 4. The fourth-order valence-electron chi connectivity index (χ4n) is 2.19. The van der Waals surface area contributed by atoms with Gasteiger partial charge < -0.3 is 25.4 Å². The van der Waals surface area contributed by atoms with Crippen molar-refractivity contribution in [2.24, 2.45) is 0 Å². The molecular formula is C14H19NO5. The van der Waals surface area contributed by atoms with Gasteiger partial charge in [-0.15, -0.1) is 0 Å². The van der Waals surface area contributed by atoms with E-state index in [9.17, 15) is 20.1 Å². The lowest BCUT2D eigenvalue weighted by Crippen LogP contribution is -2.59. The van der Waals surface area contributed by atoms with Crippen molar-refractivity contribution >= 4 is 5.91 Å². The van der Waals surface area contributed by atoms with Gasteiger partial charge in [-0.05, 0) is 19.1 Å². The molecule has 1 saturated heterocycles. The van der Waals surface area contributed by atoms with Crippen molar-refractivity contribution in [3.63, 3.8) is 0 Å². The van der Waals surface area contributed by atoms with E-state index in [1.807, 2.05) is 6.07 Å². The number of amides is 1. The smallest absolute Gasteiger partial charge is 0.251 e. The second kappa shape index (κ2) is 6.32. The number of carbonyl (C=O) groups is 1. The molecule has 110 valence electrons. The Bertz CT molecular complexity index is 452. The predicted octanol–water partition coefficient (Wildman–Crippen LogP) is -0.714. The van der Waals surface area contributed by atoms with Crippen molar-refractivity contribution in [3.8, 4) is 0 Å². The van der Waals surface area contributed by atoms with Crippen LogP contribution in [0.15, 0.2) is 30.3 Å². The van der Waals surface area contributed by atoms with Gasteiger partial charge in [-0.3, -0.25) is 4.79 Å². The van der Waals surface area contributed by atoms with Gasteiger partial charge in [0.15, 0.2) is 0 Å². The minimum atomic E-state index is -1.28. The zero-order chi connectivity index (χ0) is 14.7. The molecule has 1 aliphatic heterocycles. The second-order valence-electron chi connectivity index (χ2n) is 4.93. The molecule has 2 rings (SSSR count). The molecule has 5 atom stereocenters. The Morgan fingerprint density at radius 3 is 2.45 bits per heavy atom. The third-order valence-corrected chi connectivity index (χ3v) is 3.45. The molecule has 0 radical (unpaired) electrons. The van der Waals surface area contributed by atoms with Crippen LogP contribution in [0.2, 0.25) is 0 Å². The fraction of sp³-hybridized carbons (Fsp3) is 0.500. The Kier molecular flexibility index (Phi) is 4.72. The lowest BCUT2D eigenvalue weighted by atomic mass is 9.95. The van der Waals surface area contributed by atoms with Crippen LogP contribution < -0.4 is 5.32 Å². The zero-order valence-corrected chi connectivity index (χ0v) is 11.1. The minimum Gasteiger partial charge on any atom is -0.388 e. The predicted molar refractivity (Wildman–Crippen MR) is 71.1 cm³/mol. The normalized spacial score (nSPS) is 33.7. The average Bonchev–Trinajstić information content (AvgIpc) is 2.48. The summed E-state index contributed by atoms with van der Waals surface area (Å²) in [4.78, 5) is 11.9. The number of hydrogen-bond acceptors (Lipinski definition) is 5. The summed E-state index contributed by atoms with van der Waals surface area (Å²) >= 11 is 0. The lowest BCUT2D eigenvalue weighted by molar-refractivity contribution is -0.214. The second-order valence-corrected chi connectivity index (χ2v) is 4.93. The van der Waals surface area contributed by atoms with Crippen LogP contribution in [-0.4, -0.2) is 58.3 Å². The van der Waals surface area contributed by atoms with Gasteiger partial charge in [0, 0.05) is 12.1 Å². The molecule has 4 N–H and O–H groups in total. The Hall–Kier alpha value is -1.47. The average molecular weight is 281 g/mol. The summed E-state index contributed by atoms with van der Waals surface area (Å²) in [5.41, 5.74) is 0.506. The van der Waals surface area contributed by atoms with E-state index in [2.05, 4.69) is 5.32 Å². The largest absolute Gasteiger partial charge is 0.388 e. The summed E-state index contributed by atoms with van der Waals surface area (Å²) in [6, 6.07) is 8.67. The van der Waals surface area contributed by atoms with Crippen LogP contribution in [0.1, 0.15) is 17.3 Å². The highest BCUT2D eigenvalue weighted by molar-refractivity contribution is 5.94. The van der Waals surface area contributed by atoms with Gasteiger partial charge in [0.1, 0.15) is 24.4 Å². The van der Waals surface area contributed by atoms with E-state index >= 15 is 0 Å². The molecule has 6 heteroatoms. The number of aliphatic hydroxyl groups is 3. The lowest BCUT2D eigenvalue weighted by Gasteiger charge is -2.39. The molecule has 0 aliphatic carbocycles. The molecule has 0 bridgehead atoms. The summed E-state index contributed by atoms with van der Waals surface area (Å²) < 4.78 is 5.39. The van der Waals surface area contributed by atoms with E-state index in [1.54, 1.807) is 31.2 Å². The van der Waals surface area contributed by atoms with E-state index < -0.39 is 30.5 Å². The first kappa shape index (κ1) is 14.9. The fourth-order valence-corrected chi connectivity index (χ4v) is 2.19. The van der Waals surface area contributed by atoms with Gasteiger partial charge in [-0.25, -0.2) is 0 Å². The topological polar surface area (TPSA) is 99.0 Å². The Morgan fingerprint density at radius 2 is 1.80 bits per heavy atom. The van der Waals surface area contributed by atoms with E-state index in [4.69, 9.17) is 4.74 Å². The van der Waals surface area contributed by atoms with Gasteiger partial charge in [0.2, 0.25) is 0 Å². The van der Waals surface area contributed by atoms with Gasteiger partial charge in [0.05, 0.1) is 6.10 Å². The summed E-state index contributed by atoms with van der Waals surface area (Å²) in [6.45, 7) is 1.66. The highest BCUT2D eigenvalue weighted by Gasteiger charge is 2.41. The van der Waals surface area contributed by atoms with Gasteiger partial charge in [0.25, 0.3) is 5.91 Å². The third kappa shape index (κ3) is 3.16. The van der Waals surface area contributed by atoms with Crippen LogP contribution in [-0.2, 0) is 4.74 Å². The maximum absolute atomic E-state index is 11.9. The van der Waals surface area contributed by atoms with Gasteiger partial charge >= 0.3 is 0 Å². The molecule has 6 nitrogen and oxygen atoms in total. The van der Waals surface area contributed by atoms with Gasteiger partial charge in [-0.1, -0.05) is 18.2 Å². The van der Waals surface area contributed by atoms with Gasteiger partial charge in [-0.2, -0.15) is 0 Å². The highest BCUT2D eigenvalue weighted by atomic mass is 16.5. The molecule has 1 aromatic rings. The summed E-state index contributed by atoms with van der Waals surface area (Å²) in [6.07, 6.45) is -5.01. The van der Waals surface area contributed by atoms with Crippen molar-refractivity contribution in [2.75, 3.05) is 6.54 Å². The molecular weight excluding hydrogens is 262 g/mol. The van der Waals surface area contributed by atoms with E-state index in [1.165, 1.54) is 0 Å². The summed E-state index contributed by atoms with van der Waals surface area (Å²) in [7, 11) is 0. The molecule has 1 aromatic carbocycles. The van der Waals surface area contributed by atoms with Crippen molar-refractivity contribution in [3.05, 3.63) is 35.9 Å². The van der Waals surface area contributed by atoms with Crippen molar-refractivity contribution in [2.45, 2.75) is 37.4 Å². The maximum Gasteiger partial charge on any atom is 0.251 e. The number of rotatable bonds is 3. The van der Waals surface area contributed by atoms with Crippen LogP contribution in [0.3, 0.4) is 0 Å². The molecule has 1 amide bonds. The Morgan fingerprint density at radius 1 is 1.15 bits per heavy atom. The van der Waals surface area contributed by atoms with E-state index in [0.29, 0.717) is 5.56 Å². The summed E-state index contributed by atoms with van der Waals surface area (Å²) in [5.74, 6) is -0.283. The SMILES string of the molecule is C[C@@H]1O[C@H](CNC(=O)c2ccccc2)[C@@H](O)[C@H](O)[C@@H]1O. The maximum atomic E-state index is 11.9. The zero-order valence-electron chi connectivity index (χ0n) is 11.1. The monoisotopic (exact) mass is 281 g/mol. The molecule has 0 spiro atoms. The number of aliphatic hydroxyl groups excluding tert-OH is 3. The van der Waals surface area contributed by atoms with Crippen LogP contribution >= 0.6 is 0 Å². The number of carbonyl (C=O) groups excluding carboxylic acids is 1. The number of benzene rings is 1. The Labute approximate surface area is 117 Å². The molecule has 0 aromatic heterocycles. The highest BCUT2D eigenvalue weighted by Crippen LogP contribution is 2.20. The van der Waals surface area contributed by atoms with Crippen LogP contribution in [0.25, 0.3) is 0 Å². The first-order valence-corrected chi connectivity index (χ1v) is 6.53. The molecule has 0 unspecified atom stereocenters. The molecule has 1 aliphatic rings. The van der Waals surface area contributed by atoms with E-state index in [0.717, 1.165) is 0 Å². The number of nitrogens with one attached hydrogen (secondary N) is 1. The van der Waals surface area contributed by atoms with E-state index in [-0.39, 0.29) is 12.5 Å². The minimum absolute atomic E-state index is 0.0585. The quantitative estimate of drug-likeness (QED) is 0.586. The first-order chi connectivity index (χ1) is 9.50. The third-order valence-electron chi connectivity index (χ3n) is 3.45. The molecule has 20 heavy (non-hydrogen) atoms.